The topological polar surface area (TPSA) is 55.1 Å². The van der Waals surface area contributed by atoms with E-state index in [4.69, 9.17) is 18.0 Å². The molecular weight excluding hydrogens is 264 g/mol. The number of fused-ring (bicyclic) bond motifs is 1. The zero-order valence-electron chi connectivity index (χ0n) is 10.7. The lowest BCUT2D eigenvalue weighted by molar-refractivity contribution is 0.0944. The highest BCUT2D eigenvalue weighted by molar-refractivity contribution is 7.80. The fourth-order valence-electron chi connectivity index (χ4n) is 2.22. The number of rotatable bonds is 4. The molecule has 1 aromatic heterocycles. The van der Waals surface area contributed by atoms with Crippen molar-refractivity contribution in [3.05, 3.63) is 21.4 Å². The van der Waals surface area contributed by atoms with E-state index in [0.29, 0.717) is 4.99 Å². The third-order valence-electron chi connectivity index (χ3n) is 3.23. The van der Waals surface area contributed by atoms with Crippen molar-refractivity contribution in [1.29, 1.82) is 0 Å². The van der Waals surface area contributed by atoms with E-state index in [9.17, 15) is 4.79 Å². The van der Waals surface area contributed by atoms with Gasteiger partial charge in [-0.3, -0.25) is 4.79 Å². The molecule has 1 aliphatic carbocycles. The van der Waals surface area contributed by atoms with Gasteiger partial charge in [0.2, 0.25) is 0 Å². The van der Waals surface area contributed by atoms with Crippen LogP contribution < -0.4 is 11.1 Å². The summed E-state index contributed by atoms with van der Waals surface area (Å²) in [6, 6.07) is 1.78. The van der Waals surface area contributed by atoms with Crippen LogP contribution >= 0.6 is 23.6 Å². The van der Waals surface area contributed by atoms with Gasteiger partial charge < -0.3 is 11.1 Å². The Morgan fingerprint density at radius 1 is 1.50 bits per heavy atom. The highest BCUT2D eigenvalue weighted by Gasteiger charge is 2.23. The number of aryl methyl sites for hydroxylation is 2. The summed E-state index contributed by atoms with van der Waals surface area (Å²) in [4.78, 5) is 14.6. The van der Waals surface area contributed by atoms with Gasteiger partial charge in [-0.05, 0) is 36.8 Å². The maximum absolute atomic E-state index is 12.2. The predicted octanol–water partition coefficient (Wildman–Crippen LogP) is 2.28. The molecular formula is C13H18N2OS2. The van der Waals surface area contributed by atoms with E-state index in [2.05, 4.69) is 5.32 Å². The lowest BCUT2D eigenvalue weighted by atomic mass is 10.0. The van der Waals surface area contributed by atoms with Gasteiger partial charge in [0.25, 0.3) is 5.91 Å². The Bertz CT molecular complexity index is 458. The largest absolute Gasteiger partial charge is 0.392 e. The van der Waals surface area contributed by atoms with Crippen molar-refractivity contribution in [1.82, 2.24) is 5.32 Å². The Balaban J connectivity index is 2.09. The van der Waals surface area contributed by atoms with E-state index >= 15 is 0 Å². The molecule has 1 atom stereocenters. The van der Waals surface area contributed by atoms with Crippen molar-refractivity contribution in [2.75, 3.05) is 0 Å². The van der Waals surface area contributed by atoms with Crippen LogP contribution in [0.2, 0.25) is 0 Å². The van der Waals surface area contributed by atoms with E-state index in [1.807, 2.05) is 19.9 Å². The average molecular weight is 282 g/mol. The van der Waals surface area contributed by atoms with Crippen LogP contribution in [0.5, 0.6) is 0 Å². The van der Waals surface area contributed by atoms with Crippen LogP contribution in [0, 0.1) is 5.92 Å². The quantitative estimate of drug-likeness (QED) is 0.833. The first-order chi connectivity index (χ1) is 8.49. The van der Waals surface area contributed by atoms with Crippen LogP contribution in [0.4, 0.5) is 0 Å². The van der Waals surface area contributed by atoms with Gasteiger partial charge in [-0.15, -0.1) is 11.3 Å². The first-order valence-corrected chi connectivity index (χ1v) is 7.43. The minimum Gasteiger partial charge on any atom is -0.392 e. The number of hydrogen-bond donors (Lipinski definition) is 2. The van der Waals surface area contributed by atoms with Crippen LogP contribution in [0.3, 0.4) is 0 Å². The molecule has 1 amide bonds. The van der Waals surface area contributed by atoms with Gasteiger partial charge >= 0.3 is 0 Å². The number of nitrogens with two attached hydrogens (primary N) is 1. The summed E-state index contributed by atoms with van der Waals surface area (Å²) >= 11 is 6.59. The molecule has 0 fully saturated rings. The zero-order chi connectivity index (χ0) is 13.3. The van der Waals surface area contributed by atoms with Crippen molar-refractivity contribution in [3.63, 3.8) is 0 Å². The molecule has 0 spiro atoms. The summed E-state index contributed by atoms with van der Waals surface area (Å²) in [7, 11) is 0. The highest BCUT2D eigenvalue weighted by atomic mass is 32.1. The van der Waals surface area contributed by atoms with Crippen molar-refractivity contribution >= 4 is 34.5 Å². The van der Waals surface area contributed by atoms with Gasteiger partial charge in [0.1, 0.15) is 0 Å². The van der Waals surface area contributed by atoms with E-state index in [0.717, 1.165) is 17.7 Å². The zero-order valence-corrected chi connectivity index (χ0v) is 12.3. The van der Waals surface area contributed by atoms with Gasteiger partial charge in [-0.25, -0.2) is 0 Å². The number of thiocarbonyl (C=S) groups is 1. The summed E-state index contributed by atoms with van der Waals surface area (Å²) < 4.78 is 0. The second-order valence-corrected chi connectivity index (χ2v) is 6.62. The molecule has 0 saturated heterocycles. The average Bonchev–Trinajstić information content (AvgIpc) is 2.84. The summed E-state index contributed by atoms with van der Waals surface area (Å²) in [5, 5.41) is 2.93. The van der Waals surface area contributed by atoms with Gasteiger partial charge in [0.15, 0.2) is 0 Å². The molecule has 0 bridgehead atoms. The maximum atomic E-state index is 12.2. The lowest BCUT2D eigenvalue weighted by Gasteiger charge is -2.20. The normalized spacial score (nSPS) is 15.5. The molecule has 1 aromatic rings. The van der Waals surface area contributed by atoms with Crippen molar-refractivity contribution in [2.45, 2.75) is 39.2 Å². The number of carbonyl (C=O) groups is 1. The highest BCUT2D eigenvalue weighted by Crippen LogP contribution is 2.30. The number of amides is 1. The SMILES string of the molecule is CC(C)C(NC(=O)c1cc2c(s1)CCC2)C(N)=S. The molecule has 1 aliphatic rings. The molecule has 18 heavy (non-hydrogen) atoms. The molecule has 0 saturated carbocycles. The summed E-state index contributed by atoms with van der Waals surface area (Å²) in [5.74, 6) is 0.152. The molecule has 0 aromatic carbocycles. The Morgan fingerprint density at radius 3 is 2.78 bits per heavy atom. The second-order valence-electron chi connectivity index (χ2n) is 5.01. The Labute approximate surface area is 117 Å². The van der Waals surface area contributed by atoms with E-state index in [1.165, 1.54) is 16.9 Å². The summed E-state index contributed by atoms with van der Waals surface area (Å²) in [5.41, 5.74) is 6.99. The number of thiophene rings is 1. The molecule has 0 radical (unpaired) electrons. The predicted molar refractivity (Wildman–Crippen MR) is 79.2 cm³/mol. The number of hydrogen-bond acceptors (Lipinski definition) is 3. The minimum atomic E-state index is -0.232. The van der Waals surface area contributed by atoms with Gasteiger partial charge in [0.05, 0.1) is 15.9 Å². The minimum absolute atomic E-state index is 0.0547. The van der Waals surface area contributed by atoms with E-state index in [1.54, 1.807) is 11.3 Å². The van der Waals surface area contributed by atoms with Gasteiger partial charge in [0, 0.05) is 4.88 Å². The van der Waals surface area contributed by atoms with Crippen LogP contribution in [0.1, 0.15) is 40.4 Å². The van der Waals surface area contributed by atoms with Crippen LogP contribution in [-0.2, 0) is 12.8 Å². The first kappa shape index (κ1) is 13.5. The Kier molecular flexibility index (Phi) is 4.02. The standard InChI is InChI=1S/C13H18N2OS2/c1-7(2)11(12(14)17)15-13(16)10-6-8-4-3-5-9(8)18-10/h6-7,11H,3-5H2,1-2H3,(H2,14,17)(H,15,16). The van der Waals surface area contributed by atoms with Crippen molar-refractivity contribution in [3.8, 4) is 0 Å². The van der Waals surface area contributed by atoms with E-state index < -0.39 is 0 Å². The van der Waals surface area contributed by atoms with Crippen molar-refractivity contribution < 1.29 is 4.79 Å². The molecule has 5 heteroatoms. The number of carbonyl (C=O) groups excluding carboxylic acids is 1. The smallest absolute Gasteiger partial charge is 0.261 e. The molecule has 2 rings (SSSR count). The summed E-state index contributed by atoms with van der Waals surface area (Å²) in [6.07, 6.45) is 3.42. The molecule has 3 nitrogen and oxygen atoms in total. The number of nitrogens with one attached hydrogen (secondary N) is 1. The van der Waals surface area contributed by atoms with Crippen LogP contribution in [-0.4, -0.2) is 16.9 Å². The molecule has 1 unspecified atom stereocenters. The first-order valence-electron chi connectivity index (χ1n) is 6.21. The van der Waals surface area contributed by atoms with Gasteiger partial charge in [-0.1, -0.05) is 26.1 Å². The fraction of sp³-hybridized carbons (Fsp3) is 0.538. The Hall–Kier alpha value is -0.940. The van der Waals surface area contributed by atoms with Crippen molar-refractivity contribution in [2.24, 2.45) is 11.7 Å². The lowest BCUT2D eigenvalue weighted by Crippen LogP contribution is -2.46. The third kappa shape index (κ3) is 2.72. The second kappa shape index (κ2) is 5.36. The fourth-order valence-corrected chi connectivity index (χ4v) is 3.71. The molecule has 0 aliphatic heterocycles. The third-order valence-corrected chi connectivity index (χ3v) is 4.72. The van der Waals surface area contributed by atoms with Crippen LogP contribution in [0.25, 0.3) is 0 Å². The maximum Gasteiger partial charge on any atom is 0.261 e. The van der Waals surface area contributed by atoms with E-state index in [-0.39, 0.29) is 17.9 Å². The summed E-state index contributed by atoms with van der Waals surface area (Å²) in [6.45, 7) is 4.00. The molecule has 98 valence electrons. The molecule has 3 N–H and O–H groups in total. The molecule has 1 heterocycles. The Morgan fingerprint density at radius 2 is 2.22 bits per heavy atom. The van der Waals surface area contributed by atoms with Crippen LogP contribution in [0.15, 0.2) is 6.07 Å². The monoisotopic (exact) mass is 282 g/mol. The van der Waals surface area contributed by atoms with Gasteiger partial charge in [-0.2, -0.15) is 0 Å².